The fourth-order valence-corrected chi connectivity index (χ4v) is 4.70. The van der Waals surface area contributed by atoms with E-state index in [2.05, 4.69) is 16.4 Å². The van der Waals surface area contributed by atoms with Crippen molar-refractivity contribution in [1.82, 2.24) is 14.9 Å². The van der Waals surface area contributed by atoms with Crippen LogP contribution in [0.5, 0.6) is 0 Å². The topological polar surface area (TPSA) is 67.4 Å². The van der Waals surface area contributed by atoms with Gasteiger partial charge in [0.1, 0.15) is 11.4 Å². The SMILES string of the molecule is CSc1nc(Nc2ccccc2)cc(C2C[C@H]3C[C@@H]2CN3C(=O)OC(C)(C)C)n1. The van der Waals surface area contributed by atoms with Gasteiger partial charge in [0.25, 0.3) is 0 Å². The molecule has 0 spiro atoms. The van der Waals surface area contributed by atoms with Crippen LogP contribution in [0.25, 0.3) is 0 Å². The molecule has 2 bridgehead atoms. The Kier molecular flexibility index (Phi) is 5.42. The average Bonchev–Trinajstić information content (AvgIpc) is 3.28. The number of piperidine rings is 1. The van der Waals surface area contributed by atoms with Crippen molar-refractivity contribution in [3.05, 3.63) is 42.1 Å². The number of hydrogen-bond acceptors (Lipinski definition) is 6. The van der Waals surface area contributed by atoms with E-state index in [4.69, 9.17) is 9.72 Å². The summed E-state index contributed by atoms with van der Waals surface area (Å²) in [6, 6.07) is 12.3. The van der Waals surface area contributed by atoms with Crippen molar-refractivity contribution < 1.29 is 9.53 Å². The van der Waals surface area contributed by atoms with Crippen molar-refractivity contribution in [2.24, 2.45) is 5.92 Å². The van der Waals surface area contributed by atoms with Crippen molar-refractivity contribution >= 4 is 29.4 Å². The molecule has 2 aromatic rings. The highest BCUT2D eigenvalue weighted by atomic mass is 32.2. The van der Waals surface area contributed by atoms with E-state index in [1.54, 1.807) is 11.8 Å². The van der Waals surface area contributed by atoms with Gasteiger partial charge in [-0.25, -0.2) is 14.8 Å². The van der Waals surface area contributed by atoms with Gasteiger partial charge in [-0.05, 0) is 57.9 Å². The Balaban J connectivity index is 1.50. The summed E-state index contributed by atoms with van der Waals surface area (Å²) in [5.41, 5.74) is 1.61. The highest BCUT2D eigenvalue weighted by Crippen LogP contribution is 2.47. The molecule has 154 valence electrons. The molecule has 1 saturated carbocycles. The Morgan fingerprint density at radius 2 is 1.97 bits per heavy atom. The zero-order valence-corrected chi connectivity index (χ0v) is 18.2. The molecule has 1 aliphatic carbocycles. The maximum absolute atomic E-state index is 12.5. The zero-order valence-electron chi connectivity index (χ0n) is 17.4. The lowest BCUT2D eigenvalue weighted by Gasteiger charge is -2.33. The van der Waals surface area contributed by atoms with Crippen LogP contribution in [0, 0.1) is 5.92 Å². The van der Waals surface area contributed by atoms with Gasteiger partial charge in [0.2, 0.25) is 0 Å². The molecule has 1 amide bonds. The quantitative estimate of drug-likeness (QED) is 0.560. The van der Waals surface area contributed by atoms with Gasteiger partial charge in [0.15, 0.2) is 5.16 Å². The molecule has 29 heavy (non-hydrogen) atoms. The Bertz CT molecular complexity index is 884. The predicted octanol–water partition coefficient (Wildman–Crippen LogP) is 5.06. The number of nitrogens with one attached hydrogen (secondary N) is 1. The summed E-state index contributed by atoms with van der Waals surface area (Å²) >= 11 is 1.55. The summed E-state index contributed by atoms with van der Waals surface area (Å²) in [7, 11) is 0. The molecule has 2 fully saturated rings. The van der Waals surface area contributed by atoms with Crippen molar-refractivity contribution in [3.8, 4) is 0 Å². The van der Waals surface area contributed by atoms with E-state index >= 15 is 0 Å². The fraction of sp³-hybridized carbons (Fsp3) is 0.500. The first-order chi connectivity index (χ1) is 13.8. The van der Waals surface area contributed by atoms with Gasteiger partial charge in [-0.2, -0.15) is 0 Å². The van der Waals surface area contributed by atoms with Gasteiger partial charge in [0, 0.05) is 30.3 Å². The van der Waals surface area contributed by atoms with Gasteiger partial charge in [0.05, 0.1) is 5.69 Å². The number of fused-ring (bicyclic) bond motifs is 2. The first kappa shape index (κ1) is 20.0. The molecule has 0 radical (unpaired) electrons. The highest BCUT2D eigenvalue weighted by Gasteiger charge is 2.48. The van der Waals surface area contributed by atoms with Gasteiger partial charge < -0.3 is 15.0 Å². The molecular weight excluding hydrogens is 384 g/mol. The van der Waals surface area contributed by atoms with Crippen LogP contribution in [0.15, 0.2) is 41.6 Å². The van der Waals surface area contributed by atoms with Crippen LogP contribution in [0.2, 0.25) is 0 Å². The van der Waals surface area contributed by atoms with E-state index in [1.165, 1.54) is 0 Å². The minimum atomic E-state index is -0.462. The summed E-state index contributed by atoms with van der Waals surface area (Å²) in [5, 5.41) is 4.16. The van der Waals surface area contributed by atoms with Gasteiger partial charge >= 0.3 is 6.09 Å². The van der Waals surface area contributed by atoms with Crippen LogP contribution in [-0.4, -0.2) is 45.4 Å². The summed E-state index contributed by atoms with van der Waals surface area (Å²) in [6.07, 6.45) is 3.75. The number of amides is 1. The molecule has 1 unspecified atom stereocenters. The molecular formula is C22H28N4O2S. The van der Waals surface area contributed by atoms with Crippen molar-refractivity contribution in [3.63, 3.8) is 0 Å². The van der Waals surface area contributed by atoms with Crippen LogP contribution in [0.3, 0.4) is 0 Å². The van der Waals surface area contributed by atoms with Crippen LogP contribution < -0.4 is 5.32 Å². The van der Waals surface area contributed by atoms with Crippen LogP contribution in [0.1, 0.15) is 45.2 Å². The second-order valence-electron chi connectivity index (χ2n) is 8.78. The number of carbonyl (C=O) groups excluding carboxylic acids is 1. The van der Waals surface area contributed by atoms with Gasteiger partial charge in [-0.1, -0.05) is 30.0 Å². The van der Waals surface area contributed by atoms with E-state index in [9.17, 15) is 4.79 Å². The summed E-state index contributed by atoms with van der Waals surface area (Å²) in [5.74, 6) is 1.59. The first-order valence-electron chi connectivity index (χ1n) is 10.1. The lowest BCUT2D eigenvalue weighted by molar-refractivity contribution is 0.0180. The smallest absolute Gasteiger partial charge is 0.410 e. The highest BCUT2D eigenvalue weighted by molar-refractivity contribution is 7.98. The van der Waals surface area contributed by atoms with Gasteiger partial charge in [-0.3, -0.25) is 0 Å². The van der Waals surface area contributed by atoms with Crippen molar-refractivity contribution in [2.75, 3.05) is 18.1 Å². The number of aromatic nitrogens is 2. The third-order valence-corrected chi connectivity index (χ3v) is 6.05. The standard InChI is InChI=1S/C22H28N4O2S/c1-22(2,3)28-21(27)26-13-14-10-16(26)11-17(14)18-12-19(25-20(24-18)29-4)23-15-8-6-5-7-9-15/h5-9,12,14,16-17H,10-11,13H2,1-4H3,(H,23,24,25)/t14-,16-,17?/m1/s1. The Hall–Kier alpha value is -2.28. The number of nitrogens with zero attached hydrogens (tertiary/aromatic N) is 3. The monoisotopic (exact) mass is 412 g/mol. The third-order valence-electron chi connectivity index (χ3n) is 5.50. The number of ether oxygens (including phenoxy) is 1. The van der Waals surface area contributed by atoms with Crippen LogP contribution in [-0.2, 0) is 4.74 Å². The maximum Gasteiger partial charge on any atom is 0.410 e. The molecule has 2 heterocycles. The number of anilines is 2. The van der Waals surface area contributed by atoms with Crippen LogP contribution in [0.4, 0.5) is 16.3 Å². The van der Waals surface area contributed by atoms with E-state index in [1.807, 2.05) is 62.3 Å². The number of likely N-dealkylation sites (tertiary alicyclic amines) is 1. The molecule has 1 aliphatic heterocycles. The van der Waals surface area contributed by atoms with E-state index in [-0.39, 0.29) is 12.1 Å². The molecule has 4 rings (SSSR count). The lowest BCUT2D eigenvalue weighted by atomic mass is 9.91. The fourth-order valence-electron chi connectivity index (χ4n) is 4.32. The zero-order chi connectivity index (χ0) is 20.6. The molecule has 1 saturated heterocycles. The lowest BCUT2D eigenvalue weighted by Crippen LogP contribution is -2.42. The predicted molar refractivity (Wildman–Crippen MR) is 116 cm³/mol. The number of rotatable bonds is 4. The second-order valence-corrected chi connectivity index (χ2v) is 9.55. The minimum absolute atomic E-state index is 0.192. The third kappa shape index (κ3) is 4.50. The number of thioether (sulfide) groups is 1. The van der Waals surface area contributed by atoms with Crippen molar-refractivity contribution in [1.29, 1.82) is 0 Å². The van der Waals surface area contributed by atoms with E-state index < -0.39 is 5.60 Å². The molecule has 1 N–H and O–H groups in total. The molecule has 3 atom stereocenters. The summed E-state index contributed by atoms with van der Waals surface area (Å²) < 4.78 is 5.59. The maximum atomic E-state index is 12.5. The molecule has 2 aliphatic rings. The summed E-state index contributed by atoms with van der Waals surface area (Å²) in [4.78, 5) is 23.8. The normalized spacial score (nSPS) is 23.3. The van der Waals surface area contributed by atoms with Crippen molar-refractivity contribution in [2.45, 2.75) is 56.3 Å². The first-order valence-corrected chi connectivity index (χ1v) is 11.3. The Labute approximate surface area is 176 Å². The Morgan fingerprint density at radius 3 is 2.59 bits per heavy atom. The average molecular weight is 413 g/mol. The Morgan fingerprint density at radius 1 is 1.21 bits per heavy atom. The summed E-state index contributed by atoms with van der Waals surface area (Å²) in [6.45, 7) is 6.47. The van der Waals surface area contributed by atoms with E-state index in [0.29, 0.717) is 11.8 Å². The minimum Gasteiger partial charge on any atom is -0.444 e. The second kappa shape index (κ2) is 7.86. The molecule has 7 heteroatoms. The molecule has 1 aromatic carbocycles. The molecule has 6 nitrogen and oxygen atoms in total. The number of carbonyl (C=O) groups is 1. The molecule has 1 aromatic heterocycles. The van der Waals surface area contributed by atoms with E-state index in [0.717, 1.165) is 41.7 Å². The number of benzene rings is 1. The van der Waals surface area contributed by atoms with Crippen LogP contribution >= 0.6 is 11.8 Å². The number of para-hydroxylation sites is 1. The van der Waals surface area contributed by atoms with Gasteiger partial charge in [-0.15, -0.1) is 0 Å². The number of hydrogen-bond donors (Lipinski definition) is 1. The largest absolute Gasteiger partial charge is 0.444 e.